The summed E-state index contributed by atoms with van der Waals surface area (Å²) in [7, 11) is 0. The van der Waals surface area contributed by atoms with Crippen LogP contribution in [0.25, 0.3) is 0 Å². The van der Waals surface area contributed by atoms with Gasteiger partial charge in [-0.05, 0) is 48.8 Å². The van der Waals surface area contributed by atoms with Gasteiger partial charge in [-0.1, -0.05) is 32.0 Å². The number of nitrogens with one attached hydrogen (secondary N) is 3. The predicted octanol–water partition coefficient (Wildman–Crippen LogP) is 2.97. The van der Waals surface area contributed by atoms with Crippen molar-refractivity contribution in [2.24, 2.45) is 5.92 Å². The van der Waals surface area contributed by atoms with Gasteiger partial charge in [0.15, 0.2) is 5.11 Å². The second-order valence-electron chi connectivity index (χ2n) is 6.70. The summed E-state index contributed by atoms with van der Waals surface area (Å²) in [5.74, 6) is -0.194. The smallest absolute Gasteiger partial charge is 0.282 e. The van der Waals surface area contributed by atoms with E-state index in [9.17, 15) is 19.7 Å². The number of hydrazine groups is 1. The maximum Gasteiger partial charge on any atom is 0.282 e. The van der Waals surface area contributed by atoms with Crippen molar-refractivity contribution in [1.29, 1.82) is 0 Å². The summed E-state index contributed by atoms with van der Waals surface area (Å²) in [6, 6.07) is 12.1. The highest BCUT2D eigenvalue weighted by molar-refractivity contribution is 7.80. The molecule has 0 fully saturated rings. The number of para-hydroxylation sites is 1. The van der Waals surface area contributed by atoms with Crippen LogP contribution in [0.15, 0.2) is 48.5 Å². The Kier molecular flexibility index (Phi) is 8.24. The molecule has 30 heavy (non-hydrogen) atoms. The molecule has 0 radical (unpaired) electrons. The molecule has 10 heteroatoms. The second-order valence-corrected chi connectivity index (χ2v) is 7.10. The highest BCUT2D eigenvalue weighted by atomic mass is 32.1. The molecule has 0 aromatic heterocycles. The summed E-state index contributed by atoms with van der Waals surface area (Å²) in [5.41, 5.74) is 4.42. The van der Waals surface area contributed by atoms with Crippen molar-refractivity contribution in [1.82, 2.24) is 16.2 Å². The summed E-state index contributed by atoms with van der Waals surface area (Å²) >= 11 is 4.99. The largest absolute Gasteiger partial charge is 0.494 e. The Morgan fingerprint density at radius 3 is 2.53 bits per heavy atom. The fraction of sp³-hybridized carbons (Fsp3) is 0.250. The van der Waals surface area contributed by atoms with Crippen molar-refractivity contribution in [2.75, 3.05) is 6.61 Å². The van der Waals surface area contributed by atoms with Crippen LogP contribution >= 0.6 is 12.2 Å². The van der Waals surface area contributed by atoms with Crippen LogP contribution in [0.3, 0.4) is 0 Å². The Morgan fingerprint density at radius 2 is 1.83 bits per heavy atom. The van der Waals surface area contributed by atoms with Crippen LogP contribution in [0.2, 0.25) is 0 Å². The third kappa shape index (κ3) is 6.82. The third-order valence-corrected chi connectivity index (χ3v) is 4.13. The topological polar surface area (TPSA) is 123 Å². The lowest BCUT2D eigenvalue weighted by molar-refractivity contribution is -0.385. The lowest BCUT2D eigenvalue weighted by Crippen LogP contribution is -2.48. The van der Waals surface area contributed by atoms with Crippen molar-refractivity contribution >= 4 is 34.8 Å². The minimum atomic E-state index is -0.764. The summed E-state index contributed by atoms with van der Waals surface area (Å²) < 4.78 is 5.63. The number of nitrogens with zero attached hydrogens (tertiary/aromatic N) is 1. The van der Waals surface area contributed by atoms with Crippen molar-refractivity contribution in [3.05, 3.63) is 69.8 Å². The molecule has 0 aliphatic rings. The van der Waals surface area contributed by atoms with Gasteiger partial charge in [0.2, 0.25) is 0 Å². The average Bonchev–Trinajstić information content (AvgIpc) is 2.72. The third-order valence-electron chi connectivity index (χ3n) is 3.92. The van der Waals surface area contributed by atoms with Crippen LogP contribution in [-0.2, 0) is 0 Å². The molecule has 0 saturated carbocycles. The molecule has 0 heterocycles. The monoisotopic (exact) mass is 430 g/mol. The van der Waals surface area contributed by atoms with Crippen molar-refractivity contribution in [3.63, 3.8) is 0 Å². The highest BCUT2D eigenvalue weighted by Gasteiger charge is 2.19. The summed E-state index contributed by atoms with van der Waals surface area (Å²) in [6.07, 6.45) is 0.893. The van der Waals surface area contributed by atoms with Crippen LogP contribution < -0.4 is 20.9 Å². The molecule has 0 atom stereocenters. The van der Waals surface area contributed by atoms with E-state index in [1.54, 1.807) is 24.3 Å². The van der Waals surface area contributed by atoms with E-state index in [1.807, 2.05) is 0 Å². The first-order valence-corrected chi connectivity index (χ1v) is 9.56. The number of ether oxygens (including phenoxy) is 1. The SMILES string of the molecule is CC(C)CCOc1cccc(C(=O)NC(=S)NNC(=O)c2ccccc2[N+](=O)[O-])c1. The number of hydrogen-bond donors (Lipinski definition) is 3. The lowest BCUT2D eigenvalue weighted by atomic mass is 10.1. The zero-order valence-electron chi connectivity index (χ0n) is 16.5. The number of nitro groups is 1. The first-order valence-electron chi connectivity index (χ1n) is 9.16. The predicted molar refractivity (Wildman–Crippen MR) is 115 cm³/mol. The molecule has 0 unspecified atom stereocenters. The molecule has 158 valence electrons. The van der Waals surface area contributed by atoms with Crippen LogP contribution in [0.4, 0.5) is 5.69 Å². The molecule has 0 spiro atoms. The van der Waals surface area contributed by atoms with E-state index in [0.717, 1.165) is 6.42 Å². The Balaban J connectivity index is 1.90. The fourth-order valence-corrected chi connectivity index (χ4v) is 2.50. The molecule has 0 bridgehead atoms. The van der Waals surface area contributed by atoms with Gasteiger partial charge in [0, 0.05) is 11.6 Å². The van der Waals surface area contributed by atoms with Gasteiger partial charge < -0.3 is 4.74 Å². The number of nitro benzene ring substituents is 1. The van der Waals surface area contributed by atoms with Gasteiger partial charge in [0.1, 0.15) is 11.3 Å². The molecule has 9 nitrogen and oxygen atoms in total. The summed E-state index contributed by atoms with van der Waals surface area (Å²) in [4.78, 5) is 34.9. The van der Waals surface area contributed by atoms with Crippen molar-refractivity contribution < 1.29 is 19.2 Å². The maximum absolute atomic E-state index is 12.4. The Labute approximate surface area is 178 Å². The number of carbonyl (C=O) groups excluding carboxylic acids is 2. The Hall–Kier alpha value is -3.53. The molecular weight excluding hydrogens is 408 g/mol. The average molecular weight is 430 g/mol. The van der Waals surface area contributed by atoms with E-state index in [2.05, 4.69) is 30.0 Å². The van der Waals surface area contributed by atoms with Crippen LogP contribution in [-0.4, -0.2) is 28.5 Å². The number of hydrogen-bond acceptors (Lipinski definition) is 6. The minimum absolute atomic E-state index is 0.143. The Morgan fingerprint density at radius 1 is 1.10 bits per heavy atom. The molecule has 0 aliphatic heterocycles. The number of benzene rings is 2. The molecular formula is C20H22N4O5S. The molecule has 2 rings (SSSR count). The van der Waals surface area contributed by atoms with Gasteiger partial charge in [-0.25, -0.2) is 0 Å². The van der Waals surface area contributed by atoms with E-state index in [1.165, 1.54) is 24.3 Å². The zero-order valence-corrected chi connectivity index (χ0v) is 17.3. The minimum Gasteiger partial charge on any atom is -0.494 e. The molecule has 2 amide bonds. The van der Waals surface area contributed by atoms with Crippen LogP contribution in [0, 0.1) is 16.0 Å². The van der Waals surface area contributed by atoms with Crippen molar-refractivity contribution in [3.8, 4) is 5.75 Å². The van der Waals surface area contributed by atoms with E-state index in [0.29, 0.717) is 23.8 Å². The van der Waals surface area contributed by atoms with Crippen molar-refractivity contribution in [2.45, 2.75) is 20.3 Å². The van der Waals surface area contributed by atoms with E-state index in [-0.39, 0.29) is 16.4 Å². The Bertz CT molecular complexity index is 948. The highest BCUT2D eigenvalue weighted by Crippen LogP contribution is 2.17. The normalized spacial score (nSPS) is 10.2. The zero-order chi connectivity index (χ0) is 22.1. The van der Waals surface area contributed by atoms with Gasteiger partial charge in [-0.3, -0.25) is 35.9 Å². The van der Waals surface area contributed by atoms with E-state index in [4.69, 9.17) is 17.0 Å². The fourth-order valence-electron chi connectivity index (χ4n) is 2.35. The first kappa shape index (κ1) is 22.8. The number of carbonyl (C=O) groups is 2. The van der Waals surface area contributed by atoms with Crippen LogP contribution in [0.5, 0.6) is 5.75 Å². The molecule has 3 N–H and O–H groups in total. The lowest BCUT2D eigenvalue weighted by Gasteiger charge is -2.12. The number of thiocarbonyl (C=S) groups is 1. The molecule has 0 aliphatic carbocycles. The maximum atomic E-state index is 12.4. The molecule has 0 saturated heterocycles. The number of amides is 2. The summed E-state index contributed by atoms with van der Waals surface area (Å²) in [5, 5.41) is 13.3. The molecule has 2 aromatic rings. The van der Waals surface area contributed by atoms with Gasteiger partial charge >= 0.3 is 0 Å². The standard InChI is InChI=1S/C20H22N4O5S/c1-13(2)10-11-29-15-7-5-6-14(12-15)18(25)21-20(30)23-22-19(26)16-8-3-4-9-17(16)24(27)28/h3-9,12-13H,10-11H2,1-2H3,(H,22,26)(H2,21,23,25,30). The van der Waals surface area contributed by atoms with Gasteiger partial charge in [0.25, 0.3) is 17.5 Å². The first-order chi connectivity index (χ1) is 14.3. The van der Waals surface area contributed by atoms with E-state index < -0.39 is 16.7 Å². The summed E-state index contributed by atoms with van der Waals surface area (Å²) in [6.45, 7) is 4.73. The van der Waals surface area contributed by atoms with Gasteiger partial charge in [-0.15, -0.1) is 0 Å². The van der Waals surface area contributed by atoms with Gasteiger partial charge in [0.05, 0.1) is 11.5 Å². The second kappa shape index (κ2) is 10.9. The van der Waals surface area contributed by atoms with E-state index >= 15 is 0 Å². The quantitative estimate of drug-likeness (QED) is 0.351. The van der Waals surface area contributed by atoms with Crippen LogP contribution in [0.1, 0.15) is 41.0 Å². The van der Waals surface area contributed by atoms with Gasteiger partial charge in [-0.2, -0.15) is 0 Å². The molecule has 2 aromatic carbocycles. The number of rotatable bonds is 7.